The Hall–Kier alpha value is -1.51. The summed E-state index contributed by atoms with van der Waals surface area (Å²) in [6.45, 7) is 10.2. The number of allylic oxidation sites excluding steroid dienone is 2. The molecular formula is C22H28O3. The van der Waals surface area contributed by atoms with Crippen LogP contribution in [0.5, 0.6) is 0 Å². The lowest BCUT2D eigenvalue weighted by Crippen LogP contribution is -2.54. The Morgan fingerprint density at radius 2 is 1.88 bits per heavy atom. The van der Waals surface area contributed by atoms with E-state index in [4.69, 9.17) is 0 Å². The van der Waals surface area contributed by atoms with Gasteiger partial charge in [-0.15, -0.1) is 0 Å². The van der Waals surface area contributed by atoms with E-state index < -0.39 is 0 Å². The van der Waals surface area contributed by atoms with Crippen LogP contribution in [0.1, 0.15) is 59.3 Å². The fraction of sp³-hybridized carbons (Fsp3) is 0.682. The molecule has 0 unspecified atom stereocenters. The van der Waals surface area contributed by atoms with E-state index in [-0.39, 0.29) is 40.2 Å². The maximum atomic E-state index is 13.1. The van der Waals surface area contributed by atoms with E-state index in [9.17, 15) is 14.4 Å². The molecule has 3 saturated carbocycles. The quantitative estimate of drug-likeness (QED) is 0.676. The molecule has 0 aliphatic heterocycles. The molecule has 0 heterocycles. The average Bonchev–Trinajstić information content (AvgIpc) is 2.88. The SMILES string of the molecule is C=C1C[C@@]2(C)C(=CC1=O)CC(=O)[C@H]1[C@@H]3CC[C@H](C(C)=O)[C@@]3(C)CC[C@@H]12. The van der Waals surface area contributed by atoms with E-state index in [1.54, 1.807) is 13.0 Å². The van der Waals surface area contributed by atoms with Crippen LogP contribution in [0.25, 0.3) is 0 Å². The predicted octanol–water partition coefficient (Wildman–Crippen LogP) is 4.07. The molecule has 3 heteroatoms. The topological polar surface area (TPSA) is 51.2 Å². The van der Waals surface area contributed by atoms with E-state index in [0.717, 1.165) is 31.3 Å². The van der Waals surface area contributed by atoms with Gasteiger partial charge in [-0.2, -0.15) is 0 Å². The Kier molecular flexibility index (Phi) is 3.55. The number of Topliss-reactive ketones (excluding diaryl/α,β-unsaturated/α-hetero) is 2. The minimum atomic E-state index is -0.112. The Morgan fingerprint density at radius 3 is 2.56 bits per heavy atom. The van der Waals surface area contributed by atoms with Crippen molar-refractivity contribution >= 4 is 17.3 Å². The molecule has 6 atom stereocenters. The van der Waals surface area contributed by atoms with Gasteiger partial charge in [0.25, 0.3) is 0 Å². The molecule has 0 amide bonds. The van der Waals surface area contributed by atoms with Crippen molar-refractivity contribution < 1.29 is 14.4 Å². The zero-order valence-corrected chi connectivity index (χ0v) is 15.6. The highest BCUT2D eigenvalue weighted by atomic mass is 16.1. The standard InChI is InChI=1S/C22H28O3/c1-12-11-22(4)14(9-18(12)24)10-19(25)20-16-6-5-15(13(2)23)21(16,3)8-7-17(20)22/h9,15-17,20H,1,5-8,10-11H2,2-4H3/t15-,16+,17+,20+,21-,22+/m1/s1. The normalized spacial score (nSPS) is 46.2. The molecule has 0 bridgehead atoms. The number of carbonyl (C=O) groups excluding carboxylic acids is 3. The number of hydrogen-bond donors (Lipinski definition) is 0. The van der Waals surface area contributed by atoms with Gasteiger partial charge in [-0.05, 0) is 73.3 Å². The first kappa shape index (κ1) is 16.9. The van der Waals surface area contributed by atoms with Crippen LogP contribution >= 0.6 is 0 Å². The summed E-state index contributed by atoms with van der Waals surface area (Å²) in [5.41, 5.74) is 1.57. The van der Waals surface area contributed by atoms with Crippen LogP contribution < -0.4 is 0 Å². The second-order valence-corrected chi connectivity index (χ2v) is 9.40. The van der Waals surface area contributed by atoms with Gasteiger partial charge in [0.05, 0.1) is 0 Å². The fourth-order valence-corrected chi connectivity index (χ4v) is 6.97. The van der Waals surface area contributed by atoms with Gasteiger partial charge in [-0.25, -0.2) is 0 Å². The minimum absolute atomic E-state index is 0.00289. The van der Waals surface area contributed by atoms with Gasteiger partial charge in [-0.1, -0.05) is 26.0 Å². The molecule has 3 nitrogen and oxygen atoms in total. The van der Waals surface area contributed by atoms with Crippen molar-refractivity contribution in [2.75, 3.05) is 0 Å². The molecule has 25 heavy (non-hydrogen) atoms. The van der Waals surface area contributed by atoms with Crippen LogP contribution in [0.3, 0.4) is 0 Å². The second-order valence-electron chi connectivity index (χ2n) is 9.40. The first-order valence-corrected chi connectivity index (χ1v) is 9.65. The highest BCUT2D eigenvalue weighted by Crippen LogP contribution is 2.66. The molecule has 0 aromatic carbocycles. The van der Waals surface area contributed by atoms with Crippen molar-refractivity contribution in [2.45, 2.75) is 59.3 Å². The molecule has 0 N–H and O–H groups in total. The lowest BCUT2D eigenvalue weighted by molar-refractivity contribution is -0.142. The predicted molar refractivity (Wildman–Crippen MR) is 95.8 cm³/mol. The highest BCUT2D eigenvalue weighted by Gasteiger charge is 2.62. The molecular weight excluding hydrogens is 312 g/mol. The molecule has 0 radical (unpaired) electrons. The number of carbonyl (C=O) groups is 3. The average molecular weight is 340 g/mol. The monoisotopic (exact) mass is 340 g/mol. The molecule has 4 aliphatic rings. The Labute approximate surface area is 149 Å². The lowest BCUT2D eigenvalue weighted by atomic mass is 9.46. The van der Waals surface area contributed by atoms with Crippen LogP contribution in [0, 0.1) is 34.5 Å². The molecule has 0 spiro atoms. The number of ketones is 3. The molecule has 0 aromatic rings. The van der Waals surface area contributed by atoms with Crippen LogP contribution in [0.4, 0.5) is 0 Å². The van der Waals surface area contributed by atoms with Crippen molar-refractivity contribution in [2.24, 2.45) is 34.5 Å². The van der Waals surface area contributed by atoms with Crippen molar-refractivity contribution in [1.82, 2.24) is 0 Å². The van der Waals surface area contributed by atoms with E-state index in [0.29, 0.717) is 30.1 Å². The summed E-state index contributed by atoms with van der Waals surface area (Å²) in [5.74, 6) is 1.34. The van der Waals surface area contributed by atoms with E-state index in [2.05, 4.69) is 20.4 Å². The second kappa shape index (κ2) is 5.25. The summed E-state index contributed by atoms with van der Waals surface area (Å²) < 4.78 is 0. The first-order valence-electron chi connectivity index (χ1n) is 9.65. The summed E-state index contributed by atoms with van der Waals surface area (Å²) in [6.07, 6.45) is 6.70. The molecule has 4 aliphatic carbocycles. The summed E-state index contributed by atoms with van der Waals surface area (Å²) >= 11 is 0. The minimum Gasteiger partial charge on any atom is -0.300 e. The van der Waals surface area contributed by atoms with E-state index in [1.165, 1.54) is 0 Å². The maximum absolute atomic E-state index is 13.1. The van der Waals surface area contributed by atoms with E-state index in [1.807, 2.05) is 0 Å². The number of fused-ring (bicyclic) bond motifs is 5. The van der Waals surface area contributed by atoms with Gasteiger partial charge >= 0.3 is 0 Å². The van der Waals surface area contributed by atoms with Gasteiger partial charge in [0, 0.05) is 18.3 Å². The van der Waals surface area contributed by atoms with Gasteiger partial charge in [0.2, 0.25) is 0 Å². The van der Waals surface area contributed by atoms with Crippen molar-refractivity contribution in [3.63, 3.8) is 0 Å². The van der Waals surface area contributed by atoms with E-state index >= 15 is 0 Å². The Balaban J connectivity index is 1.75. The zero-order valence-electron chi connectivity index (χ0n) is 15.6. The fourth-order valence-electron chi connectivity index (χ4n) is 6.97. The van der Waals surface area contributed by atoms with Crippen molar-refractivity contribution in [3.05, 3.63) is 23.8 Å². The number of rotatable bonds is 1. The molecule has 4 rings (SSSR count). The Bertz CT molecular complexity index is 730. The van der Waals surface area contributed by atoms with Crippen molar-refractivity contribution in [1.29, 1.82) is 0 Å². The van der Waals surface area contributed by atoms with Gasteiger partial charge < -0.3 is 0 Å². The first-order chi connectivity index (χ1) is 11.7. The summed E-state index contributed by atoms with van der Waals surface area (Å²) in [7, 11) is 0. The van der Waals surface area contributed by atoms with Crippen LogP contribution in [-0.4, -0.2) is 17.3 Å². The maximum Gasteiger partial charge on any atom is 0.181 e. The zero-order chi connectivity index (χ0) is 18.1. The van der Waals surface area contributed by atoms with Crippen LogP contribution in [0.2, 0.25) is 0 Å². The third-order valence-electron chi connectivity index (χ3n) is 8.28. The molecule has 0 saturated heterocycles. The number of hydrogen-bond acceptors (Lipinski definition) is 3. The summed E-state index contributed by atoms with van der Waals surface area (Å²) in [6, 6.07) is 0. The van der Waals surface area contributed by atoms with Crippen molar-refractivity contribution in [3.8, 4) is 0 Å². The largest absolute Gasteiger partial charge is 0.300 e. The van der Waals surface area contributed by atoms with Crippen LogP contribution in [0.15, 0.2) is 23.8 Å². The lowest BCUT2D eigenvalue weighted by Gasteiger charge is -2.57. The third-order valence-corrected chi connectivity index (χ3v) is 8.28. The van der Waals surface area contributed by atoms with Gasteiger partial charge in [0.1, 0.15) is 11.6 Å². The highest BCUT2D eigenvalue weighted by molar-refractivity contribution is 6.06. The Morgan fingerprint density at radius 1 is 1.16 bits per heavy atom. The third kappa shape index (κ3) is 2.14. The van der Waals surface area contributed by atoms with Crippen LogP contribution in [-0.2, 0) is 14.4 Å². The smallest absolute Gasteiger partial charge is 0.181 e. The molecule has 0 aromatic heterocycles. The molecule has 134 valence electrons. The van der Waals surface area contributed by atoms with Gasteiger partial charge in [-0.3, -0.25) is 14.4 Å². The van der Waals surface area contributed by atoms with Gasteiger partial charge in [0.15, 0.2) is 5.78 Å². The summed E-state index contributed by atoms with van der Waals surface area (Å²) in [4.78, 5) is 37.4. The molecule has 3 fully saturated rings. The summed E-state index contributed by atoms with van der Waals surface area (Å²) in [5, 5.41) is 0.